The first kappa shape index (κ1) is 27.6. The fraction of sp³-hybridized carbons (Fsp3) is 0.333. The maximum atomic E-state index is 12.6. The summed E-state index contributed by atoms with van der Waals surface area (Å²) in [5.74, 6) is 0.405. The number of carbonyl (C=O) groups excluding carboxylic acids is 2. The van der Waals surface area contributed by atoms with E-state index in [1.165, 1.54) is 5.56 Å². The number of carbonyl (C=O) groups is 3. The highest BCUT2D eigenvalue weighted by Crippen LogP contribution is 2.22. The van der Waals surface area contributed by atoms with Gasteiger partial charge in [0.25, 0.3) is 5.91 Å². The molecule has 1 unspecified atom stereocenters. The predicted octanol–water partition coefficient (Wildman–Crippen LogP) is 4.33. The van der Waals surface area contributed by atoms with Crippen molar-refractivity contribution in [2.45, 2.75) is 51.0 Å². The van der Waals surface area contributed by atoms with Gasteiger partial charge in [0.1, 0.15) is 23.4 Å². The third kappa shape index (κ3) is 8.56. The molecule has 4 N–H and O–H groups in total. The Labute approximate surface area is 228 Å². The molecule has 1 aromatic heterocycles. The second-order valence-corrected chi connectivity index (χ2v) is 9.49. The van der Waals surface area contributed by atoms with E-state index in [2.05, 4.69) is 33.1 Å². The molecule has 0 bridgehead atoms. The van der Waals surface area contributed by atoms with E-state index >= 15 is 0 Å². The van der Waals surface area contributed by atoms with Gasteiger partial charge in [-0.3, -0.25) is 9.59 Å². The number of aryl methyl sites for hydroxylation is 2. The molecule has 39 heavy (non-hydrogen) atoms. The highest BCUT2D eigenvalue weighted by Gasteiger charge is 2.21. The molecule has 0 aliphatic carbocycles. The van der Waals surface area contributed by atoms with Gasteiger partial charge < -0.3 is 25.8 Å². The summed E-state index contributed by atoms with van der Waals surface area (Å²) in [4.78, 5) is 41.2. The molecule has 0 spiro atoms. The second kappa shape index (κ2) is 13.9. The van der Waals surface area contributed by atoms with Crippen molar-refractivity contribution in [3.8, 4) is 11.5 Å². The van der Waals surface area contributed by atoms with Crippen molar-refractivity contribution in [3.05, 3.63) is 83.6 Å². The van der Waals surface area contributed by atoms with Gasteiger partial charge >= 0.3 is 5.97 Å². The number of benzene rings is 2. The molecule has 1 aliphatic rings. The SMILES string of the molecule is O=C(CCCCc1ccc2c(n1)NCCC2)NCCC(NC(=O)c1ccc(Oc2ccccc2)cc1)C(=O)O. The molecule has 9 nitrogen and oxygen atoms in total. The molecule has 0 saturated heterocycles. The zero-order valence-electron chi connectivity index (χ0n) is 21.8. The summed E-state index contributed by atoms with van der Waals surface area (Å²) in [6.45, 7) is 1.10. The maximum absolute atomic E-state index is 12.6. The summed E-state index contributed by atoms with van der Waals surface area (Å²) in [7, 11) is 0. The Bertz CT molecular complexity index is 1260. The zero-order valence-corrected chi connectivity index (χ0v) is 21.8. The lowest BCUT2D eigenvalue weighted by Crippen LogP contribution is -2.43. The topological polar surface area (TPSA) is 130 Å². The van der Waals surface area contributed by atoms with Crippen molar-refractivity contribution in [1.82, 2.24) is 15.6 Å². The summed E-state index contributed by atoms with van der Waals surface area (Å²) in [5.41, 5.74) is 2.59. The molecule has 2 aromatic carbocycles. The predicted molar refractivity (Wildman–Crippen MR) is 148 cm³/mol. The molecule has 204 valence electrons. The van der Waals surface area contributed by atoms with Gasteiger partial charge in [-0.15, -0.1) is 0 Å². The minimum absolute atomic E-state index is 0.0774. The van der Waals surface area contributed by atoms with Crippen molar-refractivity contribution < 1.29 is 24.2 Å². The normalized spacial score (nSPS) is 12.9. The number of carboxylic acids is 1. The Morgan fingerprint density at radius 2 is 1.74 bits per heavy atom. The van der Waals surface area contributed by atoms with Gasteiger partial charge in [0.2, 0.25) is 5.91 Å². The van der Waals surface area contributed by atoms with E-state index in [-0.39, 0.29) is 18.9 Å². The number of unbranched alkanes of at least 4 members (excludes halogenated alkanes) is 1. The Morgan fingerprint density at radius 1 is 0.974 bits per heavy atom. The molecule has 1 aliphatic heterocycles. The molecular formula is C30H34N4O5. The Balaban J connectivity index is 1.15. The standard InChI is InChI=1S/C30H34N4O5/c35-27(11-5-4-8-23-15-12-21-7-6-19-32-28(21)33-23)31-20-18-26(30(37)38)34-29(36)22-13-16-25(17-14-22)39-24-9-2-1-3-10-24/h1-3,9-10,12-17,26H,4-8,11,18-20H2,(H,31,35)(H,32,33)(H,34,36)(H,37,38). The number of anilines is 1. The van der Waals surface area contributed by atoms with Gasteiger partial charge in [-0.1, -0.05) is 24.3 Å². The number of hydrogen-bond acceptors (Lipinski definition) is 6. The number of carboxylic acid groups (broad SMARTS) is 1. The lowest BCUT2D eigenvalue weighted by molar-refractivity contribution is -0.139. The molecule has 0 radical (unpaired) electrons. The number of aliphatic carboxylic acids is 1. The minimum Gasteiger partial charge on any atom is -0.480 e. The Kier molecular flexibility index (Phi) is 9.88. The number of rotatable bonds is 13. The first-order valence-electron chi connectivity index (χ1n) is 13.3. The molecule has 4 rings (SSSR count). The molecule has 1 atom stereocenters. The smallest absolute Gasteiger partial charge is 0.326 e. The first-order valence-corrected chi connectivity index (χ1v) is 13.3. The van der Waals surface area contributed by atoms with Crippen LogP contribution in [0.2, 0.25) is 0 Å². The number of nitrogens with one attached hydrogen (secondary N) is 3. The van der Waals surface area contributed by atoms with Crippen molar-refractivity contribution in [3.63, 3.8) is 0 Å². The van der Waals surface area contributed by atoms with E-state index in [0.29, 0.717) is 29.9 Å². The van der Waals surface area contributed by atoms with Crippen LogP contribution in [0.5, 0.6) is 11.5 Å². The zero-order chi connectivity index (χ0) is 27.5. The summed E-state index contributed by atoms with van der Waals surface area (Å²) < 4.78 is 5.71. The average molecular weight is 531 g/mol. The third-order valence-corrected chi connectivity index (χ3v) is 6.49. The molecular weight excluding hydrogens is 496 g/mol. The van der Waals surface area contributed by atoms with E-state index in [1.807, 2.05) is 30.3 Å². The monoisotopic (exact) mass is 530 g/mol. The molecule has 0 fully saturated rings. The number of para-hydroxylation sites is 1. The number of nitrogens with zero attached hydrogens (tertiary/aromatic N) is 1. The van der Waals surface area contributed by atoms with Crippen molar-refractivity contribution in [2.24, 2.45) is 0 Å². The quantitative estimate of drug-likeness (QED) is 0.242. The van der Waals surface area contributed by atoms with Crippen LogP contribution in [-0.4, -0.2) is 47.0 Å². The van der Waals surface area contributed by atoms with Crippen LogP contribution in [0.1, 0.15) is 53.7 Å². The highest BCUT2D eigenvalue weighted by atomic mass is 16.5. The number of amides is 2. The van der Waals surface area contributed by atoms with E-state index in [4.69, 9.17) is 4.74 Å². The largest absolute Gasteiger partial charge is 0.480 e. The average Bonchev–Trinajstić information content (AvgIpc) is 2.95. The van der Waals surface area contributed by atoms with E-state index in [0.717, 1.165) is 43.7 Å². The Morgan fingerprint density at radius 3 is 2.51 bits per heavy atom. The summed E-state index contributed by atoms with van der Waals surface area (Å²) in [6.07, 6.45) is 4.96. The van der Waals surface area contributed by atoms with Crippen LogP contribution in [0, 0.1) is 0 Å². The van der Waals surface area contributed by atoms with Crippen LogP contribution in [0.15, 0.2) is 66.7 Å². The lowest BCUT2D eigenvalue weighted by atomic mass is 10.1. The molecule has 2 heterocycles. The number of pyridine rings is 1. The second-order valence-electron chi connectivity index (χ2n) is 9.49. The van der Waals surface area contributed by atoms with E-state index < -0.39 is 17.9 Å². The molecule has 3 aromatic rings. The van der Waals surface area contributed by atoms with Gasteiger partial charge in [-0.25, -0.2) is 9.78 Å². The fourth-order valence-electron chi connectivity index (χ4n) is 4.34. The molecule has 2 amide bonds. The number of fused-ring (bicyclic) bond motifs is 1. The maximum Gasteiger partial charge on any atom is 0.326 e. The first-order chi connectivity index (χ1) is 19.0. The lowest BCUT2D eigenvalue weighted by Gasteiger charge is -2.17. The van der Waals surface area contributed by atoms with Crippen LogP contribution >= 0.6 is 0 Å². The Hall–Kier alpha value is -4.40. The number of ether oxygens (including phenoxy) is 1. The van der Waals surface area contributed by atoms with Gasteiger partial charge in [-0.2, -0.15) is 0 Å². The van der Waals surface area contributed by atoms with Crippen LogP contribution in [0.25, 0.3) is 0 Å². The molecule has 9 heteroatoms. The van der Waals surface area contributed by atoms with Crippen LogP contribution in [0.3, 0.4) is 0 Å². The van der Waals surface area contributed by atoms with E-state index in [9.17, 15) is 19.5 Å². The fourth-order valence-corrected chi connectivity index (χ4v) is 4.34. The van der Waals surface area contributed by atoms with Crippen LogP contribution in [-0.2, 0) is 22.4 Å². The van der Waals surface area contributed by atoms with Gasteiger partial charge in [-0.05, 0) is 86.6 Å². The van der Waals surface area contributed by atoms with Crippen molar-refractivity contribution in [2.75, 3.05) is 18.4 Å². The summed E-state index contributed by atoms with van der Waals surface area (Å²) >= 11 is 0. The van der Waals surface area contributed by atoms with Crippen molar-refractivity contribution >= 4 is 23.6 Å². The van der Waals surface area contributed by atoms with E-state index in [1.54, 1.807) is 24.3 Å². The number of hydrogen-bond donors (Lipinski definition) is 4. The highest BCUT2D eigenvalue weighted by molar-refractivity contribution is 5.96. The minimum atomic E-state index is -1.16. The third-order valence-electron chi connectivity index (χ3n) is 6.49. The van der Waals surface area contributed by atoms with Crippen LogP contribution < -0.4 is 20.7 Å². The summed E-state index contributed by atoms with van der Waals surface area (Å²) in [5, 5.41) is 18.2. The van der Waals surface area contributed by atoms with Crippen LogP contribution in [0.4, 0.5) is 5.82 Å². The van der Waals surface area contributed by atoms with Gasteiger partial charge in [0.15, 0.2) is 0 Å². The summed E-state index contributed by atoms with van der Waals surface area (Å²) in [6, 6.07) is 18.8. The van der Waals surface area contributed by atoms with Crippen molar-refractivity contribution in [1.29, 1.82) is 0 Å². The van der Waals surface area contributed by atoms with Gasteiger partial charge in [0.05, 0.1) is 0 Å². The molecule has 0 saturated carbocycles. The number of aromatic nitrogens is 1. The van der Waals surface area contributed by atoms with Gasteiger partial charge in [0, 0.05) is 30.8 Å².